The van der Waals surface area contributed by atoms with Crippen molar-refractivity contribution in [3.05, 3.63) is 83.9 Å². The highest BCUT2D eigenvalue weighted by Gasteiger charge is 2.36. The second-order valence-electron chi connectivity index (χ2n) is 4.95. The fourth-order valence-corrected chi connectivity index (χ4v) is 2.48. The van der Waals surface area contributed by atoms with Gasteiger partial charge in [0.1, 0.15) is 5.41 Å². The Morgan fingerprint density at radius 2 is 1.55 bits per heavy atom. The van der Waals surface area contributed by atoms with Crippen LogP contribution < -0.4 is 0 Å². The van der Waals surface area contributed by atoms with Crippen molar-refractivity contribution < 1.29 is 13.2 Å². The number of rotatable bonds is 4. The summed E-state index contributed by atoms with van der Waals surface area (Å²) in [6, 6.07) is 15.9. The Bertz CT molecular complexity index is 698. The number of allylic oxidation sites excluding steroid dienone is 1. The smallest absolute Gasteiger partial charge is 0.197 e. The zero-order valence-electron chi connectivity index (χ0n) is 11.8. The Morgan fingerprint density at radius 1 is 0.955 bits per heavy atom. The summed E-state index contributed by atoms with van der Waals surface area (Å²) in [5.74, 6) is 0. The summed E-state index contributed by atoms with van der Waals surface area (Å²) < 4.78 is 38.8. The second-order valence-corrected chi connectivity index (χ2v) is 4.95. The van der Waals surface area contributed by atoms with Gasteiger partial charge in [-0.1, -0.05) is 48.5 Å². The van der Waals surface area contributed by atoms with Crippen molar-refractivity contribution in [3.63, 3.8) is 0 Å². The van der Waals surface area contributed by atoms with Gasteiger partial charge in [0, 0.05) is 0 Å². The predicted molar refractivity (Wildman–Crippen MR) is 79.1 cm³/mol. The number of alkyl halides is 3. The Balaban J connectivity index is 2.66. The van der Waals surface area contributed by atoms with Gasteiger partial charge >= 0.3 is 6.18 Å². The fourth-order valence-electron chi connectivity index (χ4n) is 2.48. The van der Waals surface area contributed by atoms with E-state index in [4.69, 9.17) is 0 Å². The van der Waals surface area contributed by atoms with Crippen molar-refractivity contribution in [2.75, 3.05) is 0 Å². The van der Waals surface area contributed by atoms with Crippen LogP contribution in [-0.2, 0) is 11.6 Å². The SMILES string of the molecule is C=CCC(C#N)(c1ccccc1)c1cccc(C(F)(F)F)c1. The van der Waals surface area contributed by atoms with Gasteiger partial charge in [0.05, 0.1) is 11.6 Å². The third-order valence-electron chi connectivity index (χ3n) is 3.59. The molecule has 0 aliphatic carbocycles. The van der Waals surface area contributed by atoms with Crippen LogP contribution in [-0.4, -0.2) is 0 Å². The highest BCUT2D eigenvalue weighted by atomic mass is 19.4. The molecule has 112 valence electrons. The molecule has 0 heterocycles. The van der Waals surface area contributed by atoms with Crippen LogP contribution in [0.3, 0.4) is 0 Å². The third-order valence-corrected chi connectivity index (χ3v) is 3.59. The zero-order valence-corrected chi connectivity index (χ0v) is 11.8. The molecule has 0 aliphatic heterocycles. The molecule has 0 spiro atoms. The van der Waals surface area contributed by atoms with Crippen LogP contribution in [0, 0.1) is 11.3 Å². The fraction of sp³-hybridized carbons (Fsp3) is 0.167. The Morgan fingerprint density at radius 3 is 2.09 bits per heavy atom. The molecular formula is C18H14F3N. The molecule has 0 aromatic heterocycles. The van der Waals surface area contributed by atoms with E-state index in [9.17, 15) is 18.4 Å². The van der Waals surface area contributed by atoms with Crippen molar-refractivity contribution in [3.8, 4) is 6.07 Å². The predicted octanol–water partition coefficient (Wildman–Crippen LogP) is 5.09. The van der Waals surface area contributed by atoms with Crippen molar-refractivity contribution >= 4 is 0 Å². The number of hydrogen-bond donors (Lipinski definition) is 0. The van der Waals surface area contributed by atoms with Crippen molar-refractivity contribution in [1.29, 1.82) is 5.26 Å². The molecule has 0 saturated heterocycles. The average Bonchev–Trinajstić information content (AvgIpc) is 2.53. The van der Waals surface area contributed by atoms with Crippen LogP contribution in [0.15, 0.2) is 67.3 Å². The van der Waals surface area contributed by atoms with Crippen LogP contribution in [0.5, 0.6) is 0 Å². The molecule has 0 N–H and O–H groups in total. The zero-order chi connectivity index (χ0) is 16.2. The lowest BCUT2D eigenvalue weighted by molar-refractivity contribution is -0.137. The summed E-state index contributed by atoms with van der Waals surface area (Å²) in [5.41, 5.74) is -0.971. The summed E-state index contributed by atoms with van der Waals surface area (Å²) in [6.45, 7) is 3.64. The molecule has 0 bridgehead atoms. The first kappa shape index (κ1) is 15.8. The molecule has 22 heavy (non-hydrogen) atoms. The lowest BCUT2D eigenvalue weighted by Gasteiger charge is -2.27. The third kappa shape index (κ3) is 2.89. The maximum Gasteiger partial charge on any atom is 0.416 e. The van der Waals surface area contributed by atoms with E-state index in [2.05, 4.69) is 12.6 Å². The highest BCUT2D eigenvalue weighted by Crippen LogP contribution is 2.38. The van der Waals surface area contributed by atoms with Gasteiger partial charge in [-0.05, 0) is 29.7 Å². The maximum atomic E-state index is 12.9. The summed E-state index contributed by atoms with van der Waals surface area (Å²) in [4.78, 5) is 0. The largest absolute Gasteiger partial charge is 0.416 e. The van der Waals surface area contributed by atoms with Gasteiger partial charge in [-0.15, -0.1) is 6.58 Å². The van der Waals surface area contributed by atoms with E-state index in [1.165, 1.54) is 6.07 Å². The van der Waals surface area contributed by atoms with Crippen LogP contribution in [0.4, 0.5) is 13.2 Å². The van der Waals surface area contributed by atoms with Gasteiger partial charge in [0.2, 0.25) is 0 Å². The van der Waals surface area contributed by atoms with Crippen molar-refractivity contribution in [2.45, 2.75) is 18.0 Å². The standard InChI is InChI=1S/C18H14F3N/c1-2-11-17(13-22,14-7-4-3-5-8-14)15-9-6-10-16(12-15)18(19,20)21/h2-10,12H,1,11H2. The summed E-state index contributed by atoms with van der Waals surface area (Å²) in [6.07, 6.45) is -2.66. The van der Waals surface area contributed by atoms with Crippen LogP contribution in [0.1, 0.15) is 23.1 Å². The van der Waals surface area contributed by atoms with Gasteiger partial charge in [-0.25, -0.2) is 0 Å². The van der Waals surface area contributed by atoms with Crippen LogP contribution >= 0.6 is 0 Å². The van der Waals surface area contributed by atoms with Gasteiger partial charge in [-0.3, -0.25) is 0 Å². The first-order valence-electron chi connectivity index (χ1n) is 6.69. The normalized spacial score (nSPS) is 13.9. The summed E-state index contributed by atoms with van der Waals surface area (Å²) in [5, 5.41) is 9.73. The quantitative estimate of drug-likeness (QED) is 0.721. The minimum absolute atomic E-state index is 0.231. The summed E-state index contributed by atoms with van der Waals surface area (Å²) in [7, 11) is 0. The minimum Gasteiger partial charge on any atom is -0.197 e. The van der Waals surface area contributed by atoms with E-state index >= 15 is 0 Å². The molecule has 1 unspecified atom stereocenters. The van der Waals surface area contributed by atoms with Gasteiger partial charge in [0.15, 0.2) is 0 Å². The van der Waals surface area contributed by atoms with Crippen molar-refractivity contribution in [2.24, 2.45) is 0 Å². The molecule has 0 aliphatic rings. The second kappa shape index (κ2) is 6.07. The number of hydrogen-bond acceptors (Lipinski definition) is 1. The van der Waals surface area contributed by atoms with E-state index in [-0.39, 0.29) is 6.42 Å². The molecule has 0 fully saturated rings. The van der Waals surface area contributed by atoms with E-state index in [0.29, 0.717) is 11.1 Å². The number of nitriles is 1. The topological polar surface area (TPSA) is 23.8 Å². The first-order valence-corrected chi connectivity index (χ1v) is 6.69. The van der Waals surface area contributed by atoms with E-state index in [0.717, 1.165) is 12.1 Å². The molecule has 2 aromatic rings. The molecule has 0 saturated carbocycles. The Hall–Kier alpha value is -2.54. The van der Waals surface area contributed by atoms with Gasteiger partial charge in [0.25, 0.3) is 0 Å². The van der Waals surface area contributed by atoms with Gasteiger partial charge < -0.3 is 0 Å². The number of benzene rings is 2. The minimum atomic E-state index is -4.44. The lowest BCUT2D eigenvalue weighted by atomic mass is 9.73. The molecule has 4 heteroatoms. The van der Waals surface area contributed by atoms with E-state index < -0.39 is 17.2 Å². The molecule has 0 radical (unpaired) electrons. The number of nitrogens with zero attached hydrogens (tertiary/aromatic N) is 1. The van der Waals surface area contributed by atoms with Crippen molar-refractivity contribution in [1.82, 2.24) is 0 Å². The molecule has 0 amide bonds. The molecule has 1 atom stereocenters. The highest BCUT2D eigenvalue weighted by molar-refractivity contribution is 5.48. The Labute approximate surface area is 127 Å². The lowest BCUT2D eigenvalue weighted by Crippen LogP contribution is -2.25. The first-order chi connectivity index (χ1) is 10.4. The average molecular weight is 301 g/mol. The maximum absolute atomic E-state index is 12.9. The van der Waals surface area contributed by atoms with Gasteiger partial charge in [-0.2, -0.15) is 18.4 Å². The Kier molecular flexibility index (Phi) is 4.37. The molecule has 1 nitrogen and oxygen atoms in total. The van der Waals surface area contributed by atoms with E-state index in [1.54, 1.807) is 42.5 Å². The molecule has 2 rings (SSSR count). The summed E-state index contributed by atoms with van der Waals surface area (Å²) >= 11 is 0. The van der Waals surface area contributed by atoms with Crippen LogP contribution in [0.2, 0.25) is 0 Å². The monoisotopic (exact) mass is 301 g/mol. The molecular weight excluding hydrogens is 287 g/mol. The van der Waals surface area contributed by atoms with Crippen LogP contribution in [0.25, 0.3) is 0 Å². The number of halogens is 3. The molecule has 2 aromatic carbocycles. The van der Waals surface area contributed by atoms with E-state index in [1.807, 2.05) is 0 Å².